The first-order valence-electron chi connectivity index (χ1n) is 10.9. The zero-order valence-corrected chi connectivity index (χ0v) is 22.6. The van der Waals surface area contributed by atoms with Crippen molar-refractivity contribution in [3.05, 3.63) is 97.4 Å². The van der Waals surface area contributed by atoms with Crippen LogP contribution < -0.4 is 10.6 Å². The van der Waals surface area contributed by atoms with Gasteiger partial charge in [0.15, 0.2) is 5.78 Å². The molecule has 0 fully saturated rings. The number of carbonyl (C=O) groups is 3. The van der Waals surface area contributed by atoms with E-state index in [0.717, 1.165) is 15.6 Å². The van der Waals surface area contributed by atoms with Gasteiger partial charge in [-0.15, -0.1) is 0 Å². The molecule has 0 aromatic heterocycles. The molecule has 0 saturated heterocycles. The maximum absolute atomic E-state index is 13.0. The highest BCUT2D eigenvalue weighted by atomic mass is 79.9. The van der Waals surface area contributed by atoms with Crippen molar-refractivity contribution >= 4 is 62.4 Å². The Morgan fingerprint density at radius 3 is 2.09 bits per heavy atom. The van der Waals surface area contributed by atoms with E-state index in [9.17, 15) is 14.4 Å². The lowest BCUT2D eigenvalue weighted by Crippen LogP contribution is -2.34. The van der Waals surface area contributed by atoms with Gasteiger partial charge in [0, 0.05) is 34.1 Å². The van der Waals surface area contributed by atoms with Gasteiger partial charge in [-0.25, -0.2) is 0 Å². The summed E-state index contributed by atoms with van der Waals surface area (Å²) in [7, 11) is 0. The minimum absolute atomic E-state index is 0.0973. The van der Waals surface area contributed by atoms with Crippen molar-refractivity contribution < 1.29 is 14.4 Å². The summed E-state index contributed by atoms with van der Waals surface area (Å²) >= 11 is 15.9. The average molecular weight is 576 g/mol. The molecular formula is C27H25BrCl2N2O3. The molecule has 2 N–H and O–H groups in total. The number of nitrogens with one attached hydrogen (secondary N) is 2. The second-order valence-electron chi connectivity index (χ2n) is 9.12. The van der Waals surface area contributed by atoms with E-state index in [2.05, 4.69) is 26.6 Å². The van der Waals surface area contributed by atoms with Crippen LogP contribution in [0.25, 0.3) is 0 Å². The molecule has 0 radical (unpaired) electrons. The first-order valence-corrected chi connectivity index (χ1v) is 12.4. The summed E-state index contributed by atoms with van der Waals surface area (Å²) in [5.74, 6) is -0.699. The third kappa shape index (κ3) is 7.40. The van der Waals surface area contributed by atoms with Crippen LogP contribution in [0.4, 0.5) is 5.69 Å². The van der Waals surface area contributed by atoms with E-state index in [1.165, 1.54) is 0 Å². The Morgan fingerprint density at radius 2 is 1.43 bits per heavy atom. The van der Waals surface area contributed by atoms with Crippen molar-refractivity contribution in [2.75, 3.05) is 5.32 Å². The number of hydrogen-bond donors (Lipinski definition) is 2. The predicted molar refractivity (Wildman–Crippen MR) is 144 cm³/mol. The number of rotatable bonds is 7. The normalized spacial score (nSPS) is 11.1. The van der Waals surface area contributed by atoms with Crippen LogP contribution in [-0.2, 0) is 17.8 Å². The average Bonchev–Trinajstić information content (AvgIpc) is 2.80. The Bertz CT molecular complexity index is 1270. The number of carbonyl (C=O) groups excluding carboxylic acids is 3. The fraction of sp³-hybridized carbons (Fsp3) is 0.222. The summed E-state index contributed by atoms with van der Waals surface area (Å²) in [6.45, 7) is 5.75. The monoisotopic (exact) mass is 574 g/mol. The largest absolute Gasteiger partial charge is 0.352 e. The summed E-state index contributed by atoms with van der Waals surface area (Å²) in [6, 6.07) is 17.2. The minimum atomic E-state index is -0.520. The summed E-state index contributed by atoms with van der Waals surface area (Å²) < 4.78 is 0.927. The standard InChI is InChI=1S/C27H25BrCl2N2O3/c1-27(2,3)26(35)31-15-17-6-10-23(30)21(12-17)25(34)32-19-9-11-22(29)20(14-19)24(33)13-16-4-7-18(28)8-5-16/h4-12,14H,13,15H2,1-3H3,(H,31,35)(H,32,34). The number of anilines is 1. The van der Waals surface area contributed by atoms with Crippen LogP contribution >= 0.6 is 39.1 Å². The van der Waals surface area contributed by atoms with E-state index < -0.39 is 11.3 Å². The van der Waals surface area contributed by atoms with Crippen LogP contribution in [0.3, 0.4) is 0 Å². The molecule has 0 aliphatic rings. The van der Waals surface area contributed by atoms with E-state index in [-0.39, 0.29) is 35.2 Å². The molecule has 182 valence electrons. The van der Waals surface area contributed by atoms with Crippen LogP contribution in [0.1, 0.15) is 52.6 Å². The van der Waals surface area contributed by atoms with E-state index >= 15 is 0 Å². The van der Waals surface area contributed by atoms with Gasteiger partial charge in [0.1, 0.15) is 0 Å². The molecule has 0 aliphatic heterocycles. The number of hydrogen-bond acceptors (Lipinski definition) is 3. The van der Waals surface area contributed by atoms with Crippen LogP contribution in [0.5, 0.6) is 0 Å². The number of benzene rings is 3. The smallest absolute Gasteiger partial charge is 0.257 e. The van der Waals surface area contributed by atoms with Crippen molar-refractivity contribution in [1.82, 2.24) is 5.32 Å². The molecular weight excluding hydrogens is 551 g/mol. The Kier molecular flexibility index (Phi) is 8.75. The molecule has 35 heavy (non-hydrogen) atoms. The Morgan fingerprint density at radius 1 is 0.829 bits per heavy atom. The quantitative estimate of drug-likeness (QED) is 0.295. The second kappa shape index (κ2) is 11.4. The van der Waals surface area contributed by atoms with Gasteiger partial charge in [0.25, 0.3) is 5.91 Å². The van der Waals surface area contributed by atoms with E-state index in [1.54, 1.807) is 36.4 Å². The molecule has 2 amide bonds. The van der Waals surface area contributed by atoms with Crippen LogP contribution in [-0.4, -0.2) is 17.6 Å². The minimum Gasteiger partial charge on any atom is -0.352 e. The molecule has 0 heterocycles. The van der Waals surface area contributed by atoms with E-state index in [4.69, 9.17) is 23.2 Å². The fourth-order valence-corrected chi connectivity index (χ4v) is 3.89. The van der Waals surface area contributed by atoms with Crippen molar-refractivity contribution in [3.63, 3.8) is 0 Å². The molecule has 0 spiro atoms. The number of halogens is 3. The molecule has 0 aliphatic carbocycles. The Labute approximate surface area is 223 Å². The van der Waals surface area contributed by atoms with Crippen LogP contribution in [0, 0.1) is 5.41 Å². The molecule has 0 atom stereocenters. The molecule has 3 aromatic rings. The summed E-state index contributed by atoms with van der Waals surface area (Å²) in [4.78, 5) is 38.0. The van der Waals surface area contributed by atoms with Gasteiger partial charge < -0.3 is 10.6 Å². The predicted octanol–water partition coefficient (Wildman–Crippen LogP) is 7.10. The molecule has 0 unspecified atom stereocenters. The first-order chi connectivity index (χ1) is 16.4. The molecule has 0 bridgehead atoms. The molecule has 3 rings (SSSR count). The van der Waals surface area contributed by atoms with Gasteiger partial charge in [-0.3, -0.25) is 14.4 Å². The van der Waals surface area contributed by atoms with Gasteiger partial charge in [-0.05, 0) is 53.6 Å². The lowest BCUT2D eigenvalue weighted by Gasteiger charge is -2.18. The van der Waals surface area contributed by atoms with E-state index in [0.29, 0.717) is 16.3 Å². The fourth-order valence-electron chi connectivity index (χ4n) is 3.20. The molecule has 0 saturated carbocycles. The summed E-state index contributed by atoms with van der Waals surface area (Å²) in [6.07, 6.45) is 0.179. The second-order valence-corrected chi connectivity index (χ2v) is 10.9. The number of ketones is 1. The van der Waals surface area contributed by atoms with Crippen molar-refractivity contribution in [3.8, 4) is 0 Å². The third-order valence-corrected chi connectivity index (χ3v) is 6.40. The zero-order chi connectivity index (χ0) is 25.8. The van der Waals surface area contributed by atoms with Crippen molar-refractivity contribution in [2.24, 2.45) is 5.41 Å². The van der Waals surface area contributed by atoms with Crippen LogP contribution in [0.15, 0.2) is 65.1 Å². The first kappa shape index (κ1) is 26.9. The maximum atomic E-state index is 13.0. The lowest BCUT2D eigenvalue weighted by molar-refractivity contribution is -0.128. The van der Waals surface area contributed by atoms with Gasteiger partial charge in [0.2, 0.25) is 5.91 Å². The topological polar surface area (TPSA) is 75.3 Å². The van der Waals surface area contributed by atoms with E-state index in [1.807, 2.05) is 45.0 Å². The maximum Gasteiger partial charge on any atom is 0.257 e. The van der Waals surface area contributed by atoms with Gasteiger partial charge in [-0.1, -0.05) is 78.1 Å². The lowest BCUT2D eigenvalue weighted by atomic mass is 9.95. The highest BCUT2D eigenvalue weighted by molar-refractivity contribution is 9.10. The third-order valence-electron chi connectivity index (χ3n) is 5.21. The molecule has 5 nitrogen and oxygen atoms in total. The highest BCUT2D eigenvalue weighted by Crippen LogP contribution is 2.25. The zero-order valence-electron chi connectivity index (χ0n) is 19.5. The van der Waals surface area contributed by atoms with Crippen molar-refractivity contribution in [2.45, 2.75) is 33.7 Å². The summed E-state index contributed by atoms with van der Waals surface area (Å²) in [5.41, 5.74) is 2.06. The molecule has 8 heteroatoms. The Balaban J connectivity index is 1.74. The van der Waals surface area contributed by atoms with Gasteiger partial charge in [-0.2, -0.15) is 0 Å². The Hall–Kier alpha value is -2.67. The SMILES string of the molecule is CC(C)(C)C(=O)NCc1ccc(Cl)c(C(=O)Nc2ccc(Cl)c(C(=O)Cc3ccc(Br)cc3)c2)c1. The number of amides is 2. The molecule has 3 aromatic carbocycles. The van der Waals surface area contributed by atoms with Gasteiger partial charge in [0.05, 0.1) is 15.6 Å². The number of Topliss-reactive ketones (excluding diaryl/α,β-unsaturated/α-hetero) is 1. The van der Waals surface area contributed by atoms with Crippen molar-refractivity contribution in [1.29, 1.82) is 0 Å². The van der Waals surface area contributed by atoms with Crippen LogP contribution in [0.2, 0.25) is 10.0 Å². The van der Waals surface area contributed by atoms with Gasteiger partial charge >= 0.3 is 0 Å². The summed E-state index contributed by atoms with van der Waals surface area (Å²) in [5, 5.41) is 6.21. The highest BCUT2D eigenvalue weighted by Gasteiger charge is 2.21.